The normalized spacial score (nSPS) is 14.5. The van der Waals surface area contributed by atoms with Gasteiger partial charge in [0.05, 0.1) is 22.7 Å². The highest BCUT2D eigenvalue weighted by Gasteiger charge is 2.30. The Hall–Kier alpha value is -10.2. The number of hydrogen-bond donors (Lipinski definition) is 0. The van der Waals surface area contributed by atoms with Crippen molar-refractivity contribution in [2.45, 2.75) is 76.0 Å². The van der Waals surface area contributed by atoms with Crippen LogP contribution in [0.2, 0.25) is 0 Å². The van der Waals surface area contributed by atoms with Gasteiger partial charge in [-0.15, -0.1) is 0 Å². The van der Waals surface area contributed by atoms with Crippen molar-refractivity contribution < 1.29 is 8.83 Å². The SMILES string of the molecule is c1ccc(-c2cccc(N(c3ccc4ccc5c(N(c6cccc(-c7ccccc7)c6)c6cccc7c6oc6c(C8CCCCC8)cc8ccccc8c67)ccc6ccc3c4c65)c3cccc4c3oc3c(C5CCCCC5)cc5ccccc5c34)c2)cc1. The summed E-state index contributed by atoms with van der Waals surface area (Å²) < 4.78 is 15.1. The maximum atomic E-state index is 7.56. The van der Waals surface area contributed by atoms with Crippen LogP contribution in [-0.4, -0.2) is 0 Å². The molecule has 4 nitrogen and oxygen atoms in total. The van der Waals surface area contributed by atoms with Gasteiger partial charge in [0.2, 0.25) is 0 Å². The van der Waals surface area contributed by atoms with Crippen LogP contribution in [0.4, 0.5) is 34.1 Å². The third-order valence-corrected chi connectivity index (χ3v) is 20.1. The van der Waals surface area contributed by atoms with Gasteiger partial charge in [0, 0.05) is 43.7 Å². The first kappa shape index (κ1) is 51.1. The van der Waals surface area contributed by atoms with Gasteiger partial charge in [-0.1, -0.05) is 233 Å². The summed E-state index contributed by atoms with van der Waals surface area (Å²) >= 11 is 0. The molecule has 2 aliphatic carbocycles. The van der Waals surface area contributed by atoms with Gasteiger partial charge in [-0.25, -0.2) is 0 Å². The standard InChI is InChI=1S/C84H64N2O2/c1-5-21-53(22-6-1)59-31-17-33-63(49-59)85(75-39-19-37-69-79-65-35-15-13-29-61(65)51-71(83(79)87-81(69)75)55-25-9-3-10-26-55)73-47-43-57-42-46-68-74(48-44-58-41-45-67(73)77(57)78(58)68)86(64-34-18-32-60(50-64)54-23-7-2-8-24-54)76-40-20-38-70-80-66-36-16-14-30-62(66)52-72(84(80)88-82(70)76)56-27-11-4-12-28-56/h1-2,5-8,13-24,29-52,55-56H,3-4,9-12,25-28H2. The smallest absolute Gasteiger partial charge is 0.159 e. The predicted molar refractivity (Wildman–Crippen MR) is 372 cm³/mol. The molecule has 0 N–H and O–H groups in total. The highest BCUT2D eigenvalue weighted by molar-refractivity contribution is 6.30. The predicted octanol–water partition coefficient (Wildman–Crippen LogP) is 25.1. The third-order valence-electron chi connectivity index (χ3n) is 20.1. The minimum Gasteiger partial charge on any atom is -0.454 e. The molecule has 2 aromatic heterocycles. The summed E-state index contributed by atoms with van der Waals surface area (Å²) in [6.45, 7) is 0. The summed E-state index contributed by atoms with van der Waals surface area (Å²) in [5, 5.41) is 16.9. The molecule has 14 aromatic carbocycles. The van der Waals surface area contributed by atoms with E-state index in [9.17, 15) is 0 Å². The zero-order valence-electron chi connectivity index (χ0n) is 49.2. The Morgan fingerprint density at radius 3 is 1.09 bits per heavy atom. The fraction of sp³-hybridized carbons (Fsp3) is 0.143. The van der Waals surface area contributed by atoms with Gasteiger partial charge in [-0.3, -0.25) is 0 Å². The molecular formula is C84H64N2O2. The van der Waals surface area contributed by atoms with E-state index in [4.69, 9.17) is 8.83 Å². The molecule has 88 heavy (non-hydrogen) atoms. The average molecular weight is 1130 g/mol. The van der Waals surface area contributed by atoms with E-state index in [1.807, 2.05) is 0 Å². The van der Waals surface area contributed by atoms with Crippen LogP contribution < -0.4 is 9.80 Å². The van der Waals surface area contributed by atoms with Crippen LogP contribution in [-0.2, 0) is 0 Å². The van der Waals surface area contributed by atoms with Crippen LogP contribution in [0.3, 0.4) is 0 Å². The molecule has 0 amide bonds. The lowest BCUT2D eigenvalue weighted by Crippen LogP contribution is -2.12. The van der Waals surface area contributed by atoms with Gasteiger partial charge in [0.1, 0.15) is 11.2 Å². The molecule has 2 heterocycles. The molecule has 0 radical (unpaired) electrons. The Morgan fingerprint density at radius 2 is 0.636 bits per heavy atom. The zero-order valence-corrected chi connectivity index (χ0v) is 49.2. The lowest BCUT2D eigenvalue weighted by Gasteiger charge is -2.29. The molecule has 18 rings (SSSR count). The Bertz CT molecular complexity index is 5040. The summed E-state index contributed by atoms with van der Waals surface area (Å²) in [7, 11) is 0. The molecular weight excluding hydrogens is 1070 g/mol. The maximum Gasteiger partial charge on any atom is 0.159 e. The van der Waals surface area contributed by atoms with Crippen molar-refractivity contribution in [3.05, 3.63) is 266 Å². The van der Waals surface area contributed by atoms with Crippen LogP contribution in [0.5, 0.6) is 0 Å². The lowest BCUT2D eigenvalue weighted by atomic mass is 9.82. The van der Waals surface area contributed by atoms with E-state index in [-0.39, 0.29) is 0 Å². The number of hydrogen-bond acceptors (Lipinski definition) is 4. The van der Waals surface area contributed by atoms with E-state index in [0.717, 1.165) is 78.4 Å². The van der Waals surface area contributed by atoms with Crippen molar-refractivity contribution in [2.24, 2.45) is 0 Å². The van der Waals surface area contributed by atoms with Crippen LogP contribution in [0.1, 0.15) is 87.2 Å². The molecule has 16 aromatic rings. The van der Waals surface area contributed by atoms with Crippen molar-refractivity contribution in [2.75, 3.05) is 9.80 Å². The number of anilines is 6. The van der Waals surface area contributed by atoms with Crippen LogP contribution in [0, 0.1) is 0 Å². The topological polar surface area (TPSA) is 32.8 Å². The van der Waals surface area contributed by atoms with Gasteiger partial charge in [-0.05, 0) is 175 Å². The number of furan rings is 2. The Balaban J connectivity index is 0.887. The van der Waals surface area contributed by atoms with Gasteiger partial charge in [-0.2, -0.15) is 0 Å². The summed E-state index contributed by atoms with van der Waals surface area (Å²) in [6.07, 6.45) is 12.4. The zero-order chi connectivity index (χ0) is 57.8. The van der Waals surface area contributed by atoms with Crippen LogP contribution in [0.25, 0.3) is 120 Å². The number of nitrogens with zero attached hydrogens (tertiary/aromatic N) is 2. The van der Waals surface area contributed by atoms with E-state index in [0.29, 0.717) is 11.8 Å². The number of rotatable bonds is 10. The number of para-hydroxylation sites is 2. The van der Waals surface area contributed by atoms with Crippen molar-refractivity contribution in [3.8, 4) is 22.3 Å². The van der Waals surface area contributed by atoms with Gasteiger partial charge < -0.3 is 18.6 Å². The minimum atomic E-state index is 0.459. The van der Waals surface area contributed by atoms with Crippen molar-refractivity contribution in [1.82, 2.24) is 0 Å². The van der Waals surface area contributed by atoms with E-state index < -0.39 is 0 Å². The molecule has 422 valence electrons. The van der Waals surface area contributed by atoms with Crippen LogP contribution >= 0.6 is 0 Å². The molecule has 2 fully saturated rings. The lowest BCUT2D eigenvalue weighted by molar-refractivity contribution is 0.442. The first-order chi connectivity index (χ1) is 43.7. The molecule has 2 saturated carbocycles. The Labute approximate surface area is 511 Å². The summed E-state index contributed by atoms with van der Waals surface area (Å²) in [5.41, 5.74) is 17.5. The van der Waals surface area contributed by atoms with E-state index >= 15 is 0 Å². The van der Waals surface area contributed by atoms with Crippen molar-refractivity contribution in [3.63, 3.8) is 0 Å². The molecule has 2 aliphatic rings. The molecule has 0 saturated heterocycles. The molecule has 0 atom stereocenters. The van der Waals surface area contributed by atoms with Gasteiger partial charge in [0.15, 0.2) is 11.2 Å². The summed E-state index contributed by atoms with van der Waals surface area (Å²) in [6, 6.07) is 94.9. The van der Waals surface area contributed by atoms with Crippen molar-refractivity contribution >= 4 is 132 Å². The quantitative estimate of drug-likeness (QED) is 0.128. The monoisotopic (exact) mass is 1130 g/mol. The largest absolute Gasteiger partial charge is 0.454 e. The van der Waals surface area contributed by atoms with Gasteiger partial charge in [0.25, 0.3) is 0 Å². The van der Waals surface area contributed by atoms with E-state index in [1.54, 1.807) is 0 Å². The molecule has 0 bridgehead atoms. The first-order valence-electron chi connectivity index (χ1n) is 32.0. The Morgan fingerprint density at radius 1 is 0.250 bits per heavy atom. The highest BCUT2D eigenvalue weighted by atomic mass is 16.3. The Kier molecular flexibility index (Phi) is 12.1. The highest BCUT2D eigenvalue weighted by Crippen LogP contribution is 2.54. The molecule has 0 aliphatic heterocycles. The van der Waals surface area contributed by atoms with Gasteiger partial charge >= 0.3 is 0 Å². The summed E-state index contributed by atoms with van der Waals surface area (Å²) in [5.74, 6) is 0.918. The first-order valence-corrected chi connectivity index (χ1v) is 32.0. The summed E-state index contributed by atoms with van der Waals surface area (Å²) in [4.78, 5) is 4.97. The fourth-order valence-electron chi connectivity index (χ4n) is 16.0. The average Bonchev–Trinajstić information content (AvgIpc) is 1.07. The number of benzene rings is 14. The second kappa shape index (κ2) is 20.8. The number of fused-ring (bicyclic) bond motifs is 10. The minimum absolute atomic E-state index is 0.459. The third kappa shape index (κ3) is 8.18. The second-order valence-electron chi connectivity index (χ2n) is 25.1. The molecule has 0 spiro atoms. The van der Waals surface area contributed by atoms with E-state index in [1.165, 1.54) is 151 Å². The van der Waals surface area contributed by atoms with Crippen molar-refractivity contribution in [1.29, 1.82) is 0 Å². The second-order valence-corrected chi connectivity index (χ2v) is 25.1. The molecule has 0 unspecified atom stereocenters. The molecule has 4 heteroatoms. The fourth-order valence-corrected chi connectivity index (χ4v) is 16.0. The van der Waals surface area contributed by atoms with Crippen LogP contribution in [0.15, 0.2) is 264 Å². The maximum absolute atomic E-state index is 7.56. The van der Waals surface area contributed by atoms with E-state index in [2.05, 4.69) is 265 Å².